The van der Waals surface area contributed by atoms with Crippen LogP contribution in [-0.4, -0.2) is 38.6 Å². The van der Waals surface area contributed by atoms with Gasteiger partial charge in [0.15, 0.2) is 6.04 Å². The number of nitrogens with one attached hydrogen (secondary N) is 2. The first-order valence-corrected chi connectivity index (χ1v) is 8.69. The molecule has 1 amide bonds. The number of carbonyl (C=O) groups is 2. The maximum Gasteiger partial charge on any atom is 0.341 e. The van der Waals surface area contributed by atoms with Crippen molar-refractivity contribution in [3.8, 4) is 0 Å². The molecule has 0 radical (unpaired) electrons. The van der Waals surface area contributed by atoms with Crippen molar-refractivity contribution in [2.45, 2.75) is 45.6 Å². The predicted octanol–water partition coefficient (Wildman–Crippen LogP) is 1.28. The first kappa shape index (κ1) is 17.0. The summed E-state index contributed by atoms with van der Waals surface area (Å²) < 4.78 is 5.19. The fourth-order valence-electron chi connectivity index (χ4n) is 2.56. The summed E-state index contributed by atoms with van der Waals surface area (Å²) in [5, 5.41) is 3.60. The molecule has 1 aliphatic rings. The first-order valence-electron chi connectivity index (χ1n) is 7.88. The number of anilines is 1. The Morgan fingerprint density at radius 1 is 1.32 bits per heavy atom. The highest BCUT2D eigenvalue weighted by atomic mass is 32.1. The van der Waals surface area contributed by atoms with Crippen molar-refractivity contribution in [3.05, 3.63) is 16.0 Å². The van der Waals surface area contributed by atoms with E-state index in [2.05, 4.69) is 5.32 Å². The van der Waals surface area contributed by atoms with Gasteiger partial charge in [-0.05, 0) is 45.1 Å². The second kappa shape index (κ2) is 7.24. The average Bonchev–Trinajstić information content (AvgIpc) is 2.84. The standard InChI is InChI=1S/C16H24N2O3S/c1-5-21-16(20)13-11-8-6-7-9-12(11)22-15(13)17-14(19)10(2)18(3)4/h10H,5-9H2,1-4H3,(H,17,19)/p+1/t10-/m0/s1. The zero-order valence-corrected chi connectivity index (χ0v) is 14.6. The molecule has 122 valence electrons. The SMILES string of the molecule is CCOC(=O)c1c(NC(=O)[C@H](C)[NH+](C)C)sc2c1CCCC2. The van der Waals surface area contributed by atoms with Crippen molar-refractivity contribution in [2.24, 2.45) is 0 Å². The van der Waals surface area contributed by atoms with Gasteiger partial charge in [0, 0.05) is 4.88 Å². The zero-order valence-electron chi connectivity index (χ0n) is 13.7. The van der Waals surface area contributed by atoms with Gasteiger partial charge < -0.3 is 15.0 Å². The number of rotatable bonds is 5. The van der Waals surface area contributed by atoms with Crippen LogP contribution in [0.15, 0.2) is 0 Å². The summed E-state index contributed by atoms with van der Waals surface area (Å²) in [5.41, 5.74) is 1.66. The molecule has 0 bridgehead atoms. The molecule has 2 rings (SSSR count). The summed E-state index contributed by atoms with van der Waals surface area (Å²) >= 11 is 1.53. The highest BCUT2D eigenvalue weighted by Gasteiger charge is 2.29. The van der Waals surface area contributed by atoms with Gasteiger partial charge in [-0.15, -0.1) is 11.3 Å². The lowest BCUT2D eigenvalue weighted by Gasteiger charge is -2.16. The smallest absolute Gasteiger partial charge is 0.341 e. The molecular weight excluding hydrogens is 300 g/mol. The monoisotopic (exact) mass is 325 g/mol. The van der Waals surface area contributed by atoms with Crippen LogP contribution in [0.25, 0.3) is 0 Å². The lowest BCUT2D eigenvalue weighted by Crippen LogP contribution is -3.11. The first-order chi connectivity index (χ1) is 10.5. The number of fused-ring (bicyclic) bond motifs is 1. The molecule has 1 heterocycles. The average molecular weight is 325 g/mol. The van der Waals surface area contributed by atoms with Crippen LogP contribution in [-0.2, 0) is 22.4 Å². The predicted molar refractivity (Wildman–Crippen MR) is 87.8 cm³/mol. The minimum absolute atomic E-state index is 0.0656. The number of esters is 1. The molecule has 0 aromatic carbocycles. The van der Waals surface area contributed by atoms with Crippen LogP contribution in [0.4, 0.5) is 5.00 Å². The van der Waals surface area contributed by atoms with Crippen LogP contribution in [0, 0.1) is 0 Å². The molecule has 1 aromatic rings. The van der Waals surface area contributed by atoms with Crippen LogP contribution >= 0.6 is 11.3 Å². The number of hydrogen-bond donors (Lipinski definition) is 2. The number of amides is 1. The van der Waals surface area contributed by atoms with Crippen molar-refractivity contribution in [1.82, 2.24) is 0 Å². The molecule has 2 N–H and O–H groups in total. The molecule has 0 spiro atoms. The molecule has 5 nitrogen and oxygen atoms in total. The fourth-order valence-corrected chi connectivity index (χ4v) is 3.84. The highest BCUT2D eigenvalue weighted by Crippen LogP contribution is 2.38. The van der Waals surface area contributed by atoms with Gasteiger partial charge in [0.1, 0.15) is 5.00 Å². The van der Waals surface area contributed by atoms with Gasteiger partial charge in [0.2, 0.25) is 0 Å². The molecular formula is C16H25N2O3S+. The Morgan fingerprint density at radius 2 is 2.00 bits per heavy atom. The van der Waals surface area contributed by atoms with Crippen molar-refractivity contribution in [1.29, 1.82) is 0 Å². The Bertz CT molecular complexity index is 566. The zero-order chi connectivity index (χ0) is 16.3. The van der Waals surface area contributed by atoms with E-state index in [9.17, 15) is 9.59 Å². The van der Waals surface area contributed by atoms with E-state index in [4.69, 9.17) is 4.74 Å². The van der Waals surface area contributed by atoms with E-state index < -0.39 is 0 Å². The van der Waals surface area contributed by atoms with Crippen LogP contribution in [0.1, 0.15) is 47.5 Å². The summed E-state index contributed by atoms with van der Waals surface area (Å²) in [5.74, 6) is -0.383. The van der Waals surface area contributed by atoms with Gasteiger partial charge in [-0.1, -0.05) is 0 Å². The Hall–Kier alpha value is -1.40. The molecule has 0 fully saturated rings. The third-order valence-corrected chi connectivity index (χ3v) is 5.35. The van der Waals surface area contributed by atoms with E-state index in [0.29, 0.717) is 17.2 Å². The molecule has 0 aliphatic heterocycles. The molecule has 0 saturated heterocycles. The largest absolute Gasteiger partial charge is 0.462 e. The number of carbonyl (C=O) groups excluding carboxylic acids is 2. The molecule has 0 unspecified atom stereocenters. The molecule has 0 saturated carbocycles. The Kier molecular flexibility index (Phi) is 5.58. The summed E-state index contributed by atoms with van der Waals surface area (Å²) in [6, 6.07) is -0.172. The van der Waals surface area contributed by atoms with E-state index in [1.165, 1.54) is 16.2 Å². The van der Waals surface area contributed by atoms with Gasteiger partial charge in [-0.25, -0.2) is 4.79 Å². The normalized spacial score (nSPS) is 15.3. The topological polar surface area (TPSA) is 59.8 Å². The Morgan fingerprint density at radius 3 is 2.64 bits per heavy atom. The third-order valence-electron chi connectivity index (χ3n) is 4.15. The van der Waals surface area contributed by atoms with Gasteiger partial charge >= 0.3 is 5.97 Å². The third kappa shape index (κ3) is 3.50. The van der Waals surface area contributed by atoms with Gasteiger partial charge in [-0.3, -0.25) is 4.79 Å². The molecule has 6 heteroatoms. The van der Waals surface area contributed by atoms with Crippen molar-refractivity contribution < 1.29 is 19.2 Å². The van der Waals surface area contributed by atoms with E-state index >= 15 is 0 Å². The van der Waals surface area contributed by atoms with E-state index in [-0.39, 0.29) is 17.9 Å². The number of thiophene rings is 1. The minimum Gasteiger partial charge on any atom is -0.462 e. The summed E-state index contributed by atoms with van der Waals surface area (Å²) in [4.78, 5) is 26.9. The Balaban J connectivity index is 2.32. The summed E-state index contributed by atoms with van der Waals surface area (Å²) in [7, 11) is 3.88. The number of ether oxygens (including phenoxy) is 1. The van der Waals surface area contributed by atoms with Crippen LogP contribution in [0.2, 0.25) is 0 Å². The minimum atomic E-state index is -0.318. The van der Waals surface area contributed by atoms with Crippen LogP contribution < -0.4 is 10.2 Å². The fraction of sp³-hybridized carbons (Fsp3) is 0.625. The molecule has 22 heavy (non-hydrogen) atoms. The van der Waals surface area contributed by atoms with E-state index in [1.54, 1.807) is 6.92 Å². The Labute approximate surface area is 135 Å². The van der Waals surface area contributed by atoms with Gasteiger partial charge in [-0.2, -0.15) is 0 Å². The second-order valence-corrected chi connectivity index (χ2v) is 7.03. The number of aryl methyl sites for hydroxylation is 1. The molecule has 1 aliphatic carbocycles. The molecule has 1 aromatic heterocycles. The maximum atomic E-state index is 12.3. The van der Waals surface area contributed by atoms with Gasteiger partial charge in [0.25, 0.3) is 5.91 Å². The van der Waals surface area contributed by atoms with Crippen LogP contribution in [0.3, 0.4) is 0 Å². The molecule has 1 atom stereocenters. The van der Waals surface area contributed by atoms with Crippen molar-refractivity contribution in [3.63, 3.8) is 0 Å². The highest BCUT2D eigenvalue weighted by molar-refractivity contribution is 7.17. The van der Waals surface area contributed by atoms with Crippen molar-refractivity contribution >= 4 is 28.2 Å². The number of quaternary nitrogens is 1. The van der Waals surface area contributed by atoms with Gasteiger partial charge in [0.05, 0.1) is 26.3 Å². The quantitative estimate of drug-likeness (QED) is 0.802. The van der Waals surface area contributed by atoms with Crippen LogP contribution in [0.5, 0.6) is 0 Å². The number of likely N-dealkylation sites (N-methyl/N-ethyl adjacent to an activating group) is 1. The van der Waals surface area contributed by atoms with E-state index in [0.717, 1.165) is 36.1 Å². The maximum absolute atomic E-state index is 12.3. The number of hydrogen-bond acceptors (Lipinski definition) is 4. The summed E-state index contributed by atoms with van der Waals surface area (Å²) in [6.07, 6.45) is 4.10. The summed E-state index contributed by atoms with van der Waals surface area (Å²) in [6.45, 7) is 4.02. The van der Waals surface area contributed by atoms with E-state index in [1.807, 2.05) is 21.0 Å². The van der Waals surface area contributed by atoms with Crippen molar-refractivity contribution in [2.75, 3.05) is 26.0 Å². The lowest BCUT2D eigenvalue weighted by molar-refractivity contribution is -0.873. The second-order valence-electron chi connectivity index (χ2n) is 5.92. The lowest BCUT2D eigenvalue weighted by atomic mass is 9.95.